The van der Waals surface area contributed by atoms with E-state index in [1.165, 1.54) is 0 Å². The molecule has 4 aromatic rings. The summed E-state index contributed by atoms with van der Waals surface area (Å²) in [5.74, 6) is -0.292. The average molecular weight is 433 g/mol. The van der Waals surface area contributed by atoms with Crippen molar-refractivity contribution in [1.82, 2.24) is 4.57 Å². The van der Waals surface area contributed by atoms with E-state index in [0.29, 0.717) is 12.2 Å². The molecule has 0 aliphatic rings. The zero-order valence-electron chi connectivity index (χ0n) is 18.1. The number of non-ortho nitro benzene ring substituents is 1. The monoisotopic (exact) mass is 432 g/mol. The van der Waals surface area contributed by atoms with Crippen LogP contribution in [-0.2, 0) is 18.3 Å². The average Bonchev–Trinajstić information content (AvgIpc) is 3.20. The number of para-hydroxylation sites is 1. The van der Waals surface area contributed by atoms with Crippen molar-refractivity contribution in [2.75, 3.05) is 6.61 Å². The third-order valence-electron chi connectivity index (χ3n) is 5.69. The number of nitrogens with zero attached hydrogens (tertiary/aromatic N) is 3. The molecule has 0 amide bonds. The summed E-state index contributed by atoms with van der Waals surface area (Å²) in [4.78, 5) is 22.9. The number of carbonyl (C=O) groups is 1. The molecule has 0 bridgehead atoms. The number of aromatic nitrogens is 2. The Kier molecular flexibility index (Phi) is 6.44. The van der Waals surface area contributed by atoms with Crippen LogP contribution in [0.2, 0.25) is 0 Å². The molecular weight excluding hydrogens is 406 g/mol. The van der Waals surface area contributed by atoms with Gasteiger partial charge < -0.3 is 9.30 Å². The largest absolute Gasteiger partial charge is 0.462 e. The first-order valence-electron chi connectivity index (χ1n) is 10.8. The van der Waals surface area contributed by atoms with Crippen LogP contribution in [0.5, 0.6) is 0 Å². The van der Waals surface area contributed by atoms with Crippen LogP contribution in [0.25, 0.3) is 21.8 Å². The number of fused-ring (bicyclic) bond motifs is 2. The fraction of sp³-hybridized carbons (Fsp3) is 0.280. The number of rotatable bonds is 9. The van der Waals surface area contributed by atoms with Gasteiger partial charge in [-0.2, -0.15) is 0 Å². The molecule has 0 fully saturated rings. The normalized spacial score (nSPS) is 11.2. The minimum Gasteiger partial charge on any atom is -0.462 e. The second-order valence-electron chi connectivity index (χ2n) is 7.96. The molecule has 0 saturated heterocycles. The van der Waals surface area contributed by atoms with Gasteiger partial charge in [0.05, 0.1) is 11.5 Å². The van der Waals surface area contributed by atoms with Gasteiger partial charge in [0.2, 0.25) is 5.52 Å². The van der Waals surface area contributed by atoms with Crippen LogP contribution in [0.15, 0.2) is 67.0 Å². The fourth-order valence-corrected chi connectivity index (χ4v) is 4.01. The molecule has 2 aromatic heterocycles. The number of benzene rings is 2. The first-order valence-corrected chi connectivity index (χ1v) is 10.8. The highest BCUT2D eigenvalue weighted by Crippen LogP contribution is 2.22. The quantitative estimate of drug-likeness (QED) is 0.123. The van der Waals surface area contributed by atoms with Crippen LogP contribution in [0.1, 0.15) is 36.0 Å². The molecule has 0 aliphatic carbocycles. The molecule has 0 aliphatic heterocycles. The van der Waals surface area contributed by atoms with E-state index in [0.717, 1.165) is 54.0 Å². The van der Waals surface area contributed by atoms with E-state index in [-0.39, 0.29) is 16.6 Å². The maximum Gasteiger partial charge on any atom is 0.344 e. The number of pyridine rings is 1. The zero-order valence-corrected chi connectivity index (χ0v) is 18.1. The van der Waals surface area contributed by atoms with Gasteiger partial charge in [-0.25, -0.2) is 9.36 Å². The van der Waals surface area contributed by atoms with E-state index in [1.807, 2.05) is 54.2 Å². The topological polar surface area (TPSA) is 78.2 Å². The summed E-state index contributed by atoms with van der Waals surface area (Å²) in [7, 11) is 1.92. The van der Waals surface area contributed by atoms with Crippen molar-refractivity contribution in [2.45, 2.75) is 32.2 Å². The summed E-state index contributed by atoms with van der Waals surface area (Å²) >= 11 is 0. The van der Waals surface area contributed by atoms with E-state index in [9.17, 15) is 14.9 Å². The van der Waals surface area contributed by atoms with Crippen LogP contribution in [0.3, 0.4) is 0 Å². The van der Waals surface area contributed by atoms with Crippen molar-refractivity contribution >= 4 is 33.5 Å². The highest BCUT2D eigenvalue weighted by Gasteiger charge is 2.14. The number of hydrogen-bond acceptors (Lipinski definition) is 4. The van der Waals surface area contributed by atoms with Crippen LogP contribution < -0.4 is 4.57 Å². The Morgan fingerprint density at radius 1 is 1.03 bits per heavy atom. The molecule has 0 N–H and O–H groups in total. The minimum absolute atomic E-state index is 0.113. The number of esters is 1. The molecule has 4 rings (SSSR count). The molecule has 7 nitrogen and oxygen atoms in total. The van der Waals surface area contributed by atoms with Crippen molar-refractivity contribution in [3.63, 3.8) is 0 Å². The number of nitro groups is 1. The molecule has 2 heterocycles. The van der Waals surface area contributed by atoms with E-state index in [2.05, 4.69) is 4.57 Å². The number of unbranched alkanes of at least 4 members (excludes halogenated alkanes) is 3. The lowest BCUT2D eigenvalue weighted by Gasteiger charge is -2.07. The van der Waals surface area contributed by atoms with Gasteiger partial charge in [-0.05, 0) is 43.5 Å². The summed E-state index contributed by atoms with van der Waals surface area (Å²) in [5.41, 5.74) is 2.75. The van der Waals surface area contributed by atoms with E-state index < -0.39 is 0 Å². The van der Waals surface area contributed by atoms with Gasteiger partial charge in [0.15, 0.2) is 6.20 Å². The standard InChI is InChI=1S/C25H26N3O4/c1-26-18-21(16-19-8-4-5-9-23(19)26)25(29)32-15-7-3-2-6-13-27-14-12-20-17-22(28(30)31)10-11-24(20)27/h4-5,8-12,14,16-18H,2-3,6-7,13,15H2,1H3/q+1. The zero-order chi connectivity index (χ0) is 22.5. The summed E-state index contributed by atoms with van der Waals surface area (Å²) in [6.45, 7) is 1.26. The Hall–Kier alpha value is -3.74. The molecule has 0 unspecified atom stereocenters. The Bertz CT molecular complexity index is 1280. The predicted molar refractivity (Wildman–Crippen MR) is 122 cm³/mol. The molecule has 32 heavy (non-hydrogen) atoms. The van der Waals surface area contributed by atoms with E-state index in [4.69, 9.17) is 4.74 Å². The molecule has 7 heteroatoms. The summed E-state index contributed by atoms with van der Waals surface area (Å²) in [6, 6.07) is 16.7. The van der Waals surface area contributed by atoms with Crippen molar-refractivity contribution in [2.24, 2.45) is 7.05 Å². The van der Waals surface area contributed by atoms with Gasteiger partial charge in [-0.15, -0.1) is 0 Å². The van der Waals surface area contributed by atoms with Gasteiger partial charge >= 0.3 is 5.97 Å². The van der Waals surface area contributed by atoms with Crippen LogP contribution in [0.4, 0.5) is 5.69 Å². The molecule has 164 valence electrons. The molecule has 0 atom stereocenters. The smallest absolute Gasteiger partial charge is 0.344 e. The molecular formula is C25H26N3O4+. The second kappa shape index (κ2) is 9.60. The minimum atomic E-state index is -0.371. The van der Waals surface area contributed by atoms with E-state index >= 15 is 0 Å². The number of hydrogen-bond donors (Lipinski definition) is 0. The molecule has 0 saturated carbocycles. The Labute approximate surface area is 186 Å². The van der Waals surface area contributed by atoms with Crippen molar-refractivity contribution in [1.29, 1.82) is 0 Å². The van der Waals surface area contributed by atoms with Crippen LogP contribution in [0, 0.1) is 10.1 Å². The first kappa shape index (κ1) is 21.5. The molecule has 0 spiro atoms. The van der Waals surface area contributed by atoms with Crippen molar-refractivity contribution < 1.29 is 19.0 Å². The lowest BCUT2D eigenvalue weighted by atomic mass is 10.1. The molecule has 2 aromatic carbocycles. The lowest BCUT2D eigenvalue weighted by Crippen LogP contribution is -2.30. The highest BCUT2D eigenvalue weighted by atomic mass is 16.6. The third-order valence-corrected chi connectivity index (χ3v) is 5.69. The Morgan fingerprint density at radius 2 is 1.84 bits per heavy atom. The highest BCUT2D eigenvalue weighted by molar-refractivity contribution is 5.92. The van der Waals surface area contributed by atoms with Gasteiger partial charge in [0, 0.05) is 47.2 Å². The van der Waals surface area contributed by atoms with Gasteiger partial charge in [0.1, 0.15) is 12.6 Å². The van der Waals surface area contributed by atoms with E-state index in [1.54, 1.807) is 24.4 Å². The van der Waals surface area contributed by atoms with Crippen LogP contribution in [-0.4, -0.2) is 22.1 Å². The number of nitro benzene ring substituents is 1. The summed E-state index contributed by atoms with van der Waals surface area (Å²) < 4.78 is 9.52. The summed E-state index contributed by atoms with van der Waals surface area (Å²) in [5, 5.41) is 12.8. The van der Waals surface area contributed by atoms with Gasteiger partial charge in [-0.3, -0.25) is 10.1 Å². The first-order chi connectivity index (χ1) is 15.5. The number of ether oxygens (including phenoxy) is 1. The Balaban J connectivity index is 1.20. The van der Waals surface area contributed by atoms with Crippen LogP contribution >= 0.6 is 0 Å². The fourth-order valence-electron chi connectivity index (χ4n) is 4.01. The van der Waals surface area contributed by atoms with Gasteiger partial charge in [-0.1, -0.05) is 18.6 Å². The van der Waals surface area contributed by atoms with Crippen molar-refractivity contribution in [3.05, 3.63) is 82.7 Å². The maximum atomic E-state index is 12.4. The maximum absolute atomic E-state index is 12.4. The third kappa shape index (κ3) is 4.77. The number of aryl methyl sites for hydroxylation is 2. The summed E-state index contributed by atoms with van der Waals surface area (Å²) in [6.07, 6.45) is 7.60. The van der Waals surface area contributed by atoms with Gasteiger partial charge in [0.25, 0.3) is 5.69 Å². The molecule has 0 radical (unpaired) electrons. The predicted octanol–water partition coefficient (Wildman–Crippen LogP) is 4.94. The second-order valence-corrected chi connectivity index (χ2v) is 7.96. The van der Waals surface area contributed by atoms with Crippen molar-refractivity contribution in [3.8, 4) is 0 Å². The SMILES string of the molecule is C[n+]1cc(C(=O)OCCCCCCn2ccc3cc([N+](=O)[O-])ccc32)cc2ccccc21. The Morgan fingerprint density at radius 3 is 2.69 bits per heavy atom. The lowest BCUT2D eigenvalue weighted by molar-refractivity contribution is -0.645. The number of carbonyl (C=O) groups excluding carboxylic acids is 1.